The summed E-state index contributed by atoms with van der Waals surface area (Å²) in [5.41, 5.74) is 0. The number of hydrogen-bond donors (Lipinski definition) is 1. The van der Waals surface area contributed by atoms with Crippen molar-refractivity contribution in [3.05, 3.63) is 0 Å². The molecule has 0 bridgehead atoms. The van der Waals surface area contributed by atoms with Gasteiger partial charge in [0.15, 0.2) is 0 Å². The Labute approximate surface area is 191 Å². The summed E-state index contributed by atoms with van der Waals surface area (Å²) in [4.78, 5) is 15.5. The number of carbonyl (C=O) groups is 1. The molecule has 2 heterocycles. The number of carbonyl (C=O) groups excluding carboxylic acids is 1. The number of rotatable bonds is 9. The first kappa shape index (κ1) is 23.0. The van der Waals surface area contributed by atoms with Gasteiger partial charge in [-0.1, -0.05) is 50.3 Å². The topological polar surface area (TPSA) is 75.9 Å². The Morgan fingerprint density at radius 1 is 1.00 bits per heavy atom. The van der Waals surface area contributed by atoms with E-state index < -0.39 is 0 Å². The largest absolute Gasteiger partial charge is 0.339 e. The summed E-state index contributed by atoms with van der Waals surface area (Å²) in [5, 5.41) is 16.8. The van der Waals surface area contributed by atoms with Gasteiger partial charge in [-0.15, -0.1) is 5.10 Å². The predicted molar refractivity (Wildman–Crippen MR) is 124 cm³/mol. The maximum absolute atomic E-state index is 13.2. The predicted octanol–water partition coefficient (Wildman–Crippen LogP) is 4.21. The molecular weight excluding hydrogens is 408 g/mol. The molecule has 3 fully saturated rings. The lowest BCUT2D eigenvalue weighted by Gasteiger charge is -2.38. The van der Waals surface area contributed by atoms with E-state index in [1.54, 1.807) is 11.8 Å². The molecule has 1 aromatic rings. The highest BCUT2D eigenvalue weighted by molar-refractivity contribution is 7.99. The van der Waals surface area contributed by atoms with E-state index in [-0.39, 0.29) is 0 Å². The van der Waals surface area contributed by atoms with Crippen molar-refractivity contribution in [2.45, 2.75) is 107 Å². The fourth-order valence-corrected chi connectivity index (χ4v) is 6.44. The van der Waals surface area contributed by atoms with Crippen LogP contribution in [0.4, 0.5) is 0 Å². The van der Waals surface area contributed by atoms with Crippen molar-refractivity contribution >= 4 is 17.7 Å². The number of piperidine rings is 1. The van der Waals surface area contributed by atoms with Gasteiger partial charge in [-0.3, -0.25) is 4.79 Å². The SMILES string of the molecule is O=C(CCCSc1nnnn1C1CCCCC1)N(CC1CCNCC1)C1CCCCC1. The molecule has 7 nitrogen and oxygen atoms in total. The van der Waals surface area contributed by atoms with Gasteiger partial charge in [-0.2, -0.15) is 0 Å². The molecule has 0 unspecified atom stereocenters. The molecule has 3 aliphatic rings. The number of aromatic nitrogens is 4. The van der Waals surface area contributed by atoms with Crippen LogP contribution in [0.2, 0.25) is 0 Å². The van der Waals surface area contributed by atoms with Crippen LogP contribution in [-0.4, -0.2) is 62.4 Å². The van der Waals surface area contributed by atoms with Crippen molar-refractivity contribution in [3.8, 4) is 0 Å². The number of tetrazole rings is 1. The minimum Gasteiger partial charge on any atom is -0.339 e. The lowest BCUT2D eigenvalue weighted by molar-refractivity contribution is -0.135. The molecule has 0 aromatic carbocycles. The first-order valence-electron chi connectivity index (χ1n) is 12.7. The van der Waals surface area contributed by atoms with Crippen molar-refractivity contribution in [1.29, 1.82) is 0 Å². The summed E-state index contributed by atoms with van der Waals surface area (Å²) in [6.07, 6.45) is 16.5. The van der Waals surface area contributed by atoms with Crippen molar-refractivity contribution in [3.63, 3.8) is 0 Å². The van der Waals surface area contributed by atoms with Gasteiger partial charge in [0.05, 0.1) is 6.04 Å². The molecule has 1 aromatic heterocycles. The van der Waals surface area contributed by atoms with E-state index in [2.05, 4.69) is 25.7 Å². The number of thioether (sulfide) groups is 1. The minimum absolute atomic E-state index is 0.373. The third-order valence-electron chi connectivity index (χ3n) is 7.40. The van der Waals surface area contributed by atoms with Crippen molar-refractivity contribution in [2.75, 3.05) is 25.4 Å². The van der Waals surface area contributed by atoms with Crippen LogP contribution in [0.3, 0.4) is 0 Å². The lowest BCUT2D eigenvalue weighted by Crippen LogP contribution is -2.45. The van der Waals surface area contributed by atoms with E-state index in [4.69, 9.17) is 0 Å². The van der Waals surface area contributed by atoms with Crippen LogP contribution in [0, 0.1) is 5.92 Å². The maximum atomic E-state index is 13.2. The van der Waals surface area contributed by atoms with Gasteiger partial charge >= 0.3 is 0 Å². The molecule has 0 radical (unpaired) electrons. The number of nitrogens with one attached hydrogen (secondary N) is 1. The summed E-state index contributed by atoms with van der Waals surface area (Å²) in [5.74, 6) is 1.95. The maximum Gasteiger partial charge on any atom is 0.222 e. The molecule has 1 amide bonds. The van der Waals surface area contributed by atoms with Gasteiger partial charge in [-0.05, 0) is 74.4 Å². The fourth-order valence-electron chi connectivity index (χ4n) is 5.56. The summed E-state index contributed by atoms with van der Waals surface area (Å²) < 4.78 is 2.04. The Morgan fingerprint density at radius 3 is 2.45 bits per heavy atom. The second-order valence-electron chi connectivity index (χ2n) is 9.68. The fraction of sp³-hybridized carbons (Fsp3) is 0.913. The lowest BCUT2D eigenvalue weighted by atomic mass is 9.91. The third-order valence-corrected chi connectivity index (χ3v) is 8.42. The van der Waals surface area contributed by atoms with Gasteiger partial charge in [0.2, 0.25) is 11.1 Å². The Kier molecular flexibility index (Phi) is 9.05. The molecule has 2 aliphatic carbocycles. The normalized spacial score (nSPS) is 21.9. The number of hydrogen-bond acceptors (Lipinski definition) is 6. The molecule has 4 rings (SSSR count). The zero-order valence-corrected chi connectivity index (χ0v) is 19.8. The van der Waals surface area contributed by atoms with Gasteiger partial charge in [0, 0.05) is 24.8 Å². The highest BCUT2D eigenvalue weighted by Crippen LogP contribution is 2.31. The number of amides is 1. The third kappa shape index (κ3) is 6.67. The van der Waals surface area contributed by atoms with Crippen LogP contribution in [0.1, 0.15) is 95.9 Å². The van der Waals surface area contributed by atoms with Crippen LogP contribution in [0.5, 0.6) is 0 Å². The Balaban J connectivity index is 1.26. The van der Waals surface area contributed by atoms with E-state index in [1.807, 2.05) is 4.68 Å². The highest BCUT2D eigenvalue weighted by Gasteiger charge is 2.28. The second kappa shape index (κ2) is 12.2. The highest BCUT2D eigenvalue weighted by atomic mass is 32.2. The van der Waals surface area contributed by atoms with E-state index >= 15 is 0 Å². The van der Waals surface area contributed by atoms with Crippen molar-refractivity contribution in [2.24, 2.45) is 5.92 Å². The molecule has 0 spiro atoms. The van der Waals surface area contributed by atoms with E-state index in [0.717, 1.165) is 37.0 Å². The Bertz CT molecular complexity index is 665. The van der Waals surface area contributed by atoms with Gasteiger partial charge in [0.25, 0.3) is 0 Å². The van der Waals surface area contributed by atoms with Crippen LogP contribution >= 0.6 is 11.8 Å². The molecule has 8 heteroatoms. The molecule has 1 N–H and O–H groups in total. The van der Waals surface area contributed by atoms with Crippen LogP contribution in [0.25, 0.3) is 0 Å². The van der Waals surface area contributed by atoms with Gasteiger partial charge in [0.1, 0.15) is 0 Å². The second-order valence-corrected chi connectivity index (χ2v) is 10.7. The van der Waals surface area contributed by atoms with E-state index in [1.165, 1.54) is 77.0 Å². The summed E-state index contributed by atoms with van der Waals surface area (Å²) in [6, 6.07) is 0.932. The van der Waals surface area contributed by atoms with E-state index in [0.29, 0.717) is 30.3 Å². The zero-order chi connectivity index (χ0) is 21.3. The average molecular weight is 449 g/mol. The van der Waals surface area contributed by atoms with Crippen LogP contribution in [-0.2, 0) is 4.79 Å². The van der Waals surface area contributed by atoms with Gasteiger partial charge in [-0.25, -0.2) is 4.68 Å². The first-order chi connectivity index (χ1) is 15.3. The molecule has 174 valence electrons. The molecule has 31 heavy (non-hydrogen) atoms. The quantitative estimate of drug-likeness (QED) is 0.450. The molecule has 1 saturated heterocycles. The zero-order valence-electron chi connectivity index (χ0n) is 19.0. The van der Waals surface area contributed by atoms with Crippen LogP contribution < -0.4 is 5.32 Å². The van der Waals surface area contributed by atoms with E-state index in [9.17, 15) is 4.79 Å². The summed E-state index contributed by atoms with van der Waals surface area (Å²) >= 11 is 1.72. The standard InChI is InChI=1S/C23H40N6OS/c30-22(28(20-8-3-1-4-9-20)18-19-13-15-24-16-14-19)12-7-17-31-23-25-26-27-29(23)21-10-5-2-6-11-21/h19-21,24H,1-18H2. The Morgan fingerprint density at radius 2 is 1.71 bits per heavy atom. The smallest absolute Gasteiger partial charge is 0.222 e. The Hall–Kier alpha value is -1.15. The molecular formula is C23H40N6OS. The molecule has 1 aliphatic heterocycles. The first-order valence-corrected chi connectivity index (χ1v) is 13.7. The van der Waals surface area contributed by atoms with Crippen molar-refractivity contribution in [1.82, 2.24) is 30.4 Å². The van der Waals surface area contributed by atoms with Gasteiger partial charge < -0.3 is 10.2 Å². The minimum atomic E-state index is 0.373. The number of nitrogens with zero attached hydrogens (tertiary/aromatic N) is 5. The monoisotopic (exact) mass is 448 g/mol. The van der Waals surface area contributed by atoms with Crippen molar-refractivity contribution < 1.29 is 4.79 Å². The summed E-state index contributed by atoms with van der Waals surface area (Å²) in [7, 11) is 0. The summed E-state index contributed by atoms with van der Waals surface area (Å²) in [6.45, 7) is 3.17. The molecule has 2 saturated carbocycles. The molecule has 0 atom stereocenters. The average Bonchev–Trinajstić information content (AvgIpc) is 3.30. The van der Waals surface area contributed by atoms with Crippen LogP contribution in [0.15, 0.2) is 5.16 Å².